The van der Waals surface area contributed by atoms with Crippen molar-refractivity contribution in [2.24, 2.45) is 5.92 Å². The maximum Gasteiger partial charge on any atom is 0.306 e. The SMILES string of the molecule is CC1CC(NS(=O)(=O)N2CCC(C(=O)O)CC2)CCO1. The summed E-state index contributed by atoms with van der Waals surface area (Å²) in [5.74, 6) is -1.27. The van der Waals surface area contributed by atoms with Gasteiger partial charge in [-0.1, -0.05) is 0 Å². The number of piperidine rings is 1. The van der Waals surface area contributed by atoms with Crippen LogP contribution in [-0.4, -0.2) is 55.6 Å². The molecule has 0 spiro atoms. The summed E-state index contributed by atoms with van der Waals surface area (Å²) in [5, 5.41) is 8.92. The highest BCUT2D eigenvalue weighted by Gasteiger charge is 2.33. The highest BCUT2D eigenvalue weighted by molar-refractivity contribution is 7.87. The largest absolute Gasteiger partial charge is 0.481 e. The molecule has 2 saturated heterocycles. The Labute approximate surface area is 119 Å². The smallest absolute Gasteiger partial charge is 0.306 e. The lowest BCUT2D eigenvalue weighted by molar-refractivity contribution is -0.142. The Morgan fingerprint density at radius 3 is 2.50 bits per heavy atom. The van der Waals surface area contributed by atoms with Gasteiger partial charge >= 0.3 is 5.97 Å². The summed E-state index contributed by atoms with van der Waals surface area (Å²) in [7, 11) is -3.52. The van der Waals surface area contributed by atoms with Gasteiger partial charge in [-0.3, -0.25) is 4.79 Å². The van der Waals surface area contributed by atoms with Gasteiger partial charge in [-0.05, 0) is 32.6 Å². The van der Waals surface area contributed by atoms with Gasteiger partial charge < -0.3 is 9.84 Å². The zero-order chi connectivity index (χ0) is 14.8. The molecule has 0 aromatic carbocycles. The van der Waals surface area contributed by atoms with Crippen LogP contribution in [-0.2, 0) is 19.7 Å². The van der Waals surface area contributed by atoms with E-state index in [9.17, 15) is 13.2 Å². The minimum Gasteiger partial charge on any atom is -0.481 e. The van der Waals surface area contributed by atoms with Gasteiger partial charge in [-0.2, -0.15) is 17.4 Å². The van der Waals surface area contributed by atoms with Gasteiger partial charge in [0, 0.05) is 25.7 Å². The summed E-state index contributed by atoms with van der Waals surface area (Å²) >= 11 is 0. The molecule has 0 saturated carbocycles. The number of rotatable bonds is 4. The number of aliphatic carboxylic acids is 1. The number of carbonyl (C=O) groups is 1. The second-order valence-electron chi connectivity index (χ2n) is 5.54. The van der Waals surface area contributed by atoms with Crippen LogP contribution < -0.4 is 4.72 Å². The fourth-order valence-corrected chi connectivity index (χ4v) is 4.21. The molecular formula is C12H22N2O5S. The molecule has 2 aliphatic heterocycles. The fraction of sp³-hybridized carbons (Fsp3) is 0.917. The molecule has 2 atom stereocenters. The first-order valence-corrected chi connectivity index (χ1v) is 8.44. The van der Waals surface area contributed by atoms with Crippen molar-refractivity contribution in [3.63, 3.8) is 0 Å². The minimum atomic E-state index is -3.52. The normalized spacial score (nSPS) is 30.2. The van der Waals surface area contributed by atoms with Gasteiger partial charge in [-0.25, -0.2) is 0 Å². The van der Waals surface area contributed by atoms with Crippen LogP contribution in [0.2, 0.25) is 0 Å². The molecule has 2 fully saturated rings. The van der Waals surface area contributed by atoms with Crippen molar-refractivity contribution in [1.82, 2.24) is 9.03 Å². The summed E-state index contributed by atoms with van der Waals surface area (Å²) in [4.78, 5) is 10.9. The maximum absolute atomic E-state index is 12.3. The predicted octanol–water partition coefficient (Wildman–Crippen LogP) is 0.185. The first-order valence-electron chi connectivity index (χ1n) is 7.00. The molecule has 2 rings (SSSR count). The molecule has 0 aromatic heterocycles. The molecule has 116 valence electrons. The Hall–Kier alpha value is -0.700. The van der Waals surface area contributed by atoms with E-state index in [-0.39, 0.29) is 25.2 Å². The molecule has 0 aliphatic carbocycles. The molecular weight excluding hydrogens is 284 g/mol. The topological polar surface area (TPSA) is 95.9 Å². The van der Waals surface area contributed by atoms with Crippen LogP contribution in [0.3, 0.4) is 0 Å². The summed E-state index contributed by atoms with van der Waals surface area (Å²) in [6.07, 6.45) is 2.16. The second-order valence-corrected chi connectivity index (χ2v) is 7.24. The molecule has 0 radical (unpaired) electrons. The van der Waals surface area contributed by atoms with Crippen LogP contribution in [0.5, 0.6) is 0 Å². The quantitative estimate of drug-likeness (QED) is 0.772. The molecule has 7 nitrogen and oxygen atoms in total. The standard InChI is InChI=1S/C12H22N2O5S/c1-9-8-11(4-7-19-9)13-20(17,18)14-5-2-10(3-6-14)12(15)16/h9-11,13H,2-8H2,1H3,(H,15,16). The average molecular weight is 306 g/mol. The second kappa shape index (κ2) is 6.38. The third-order valence-corrected chi connectivity index (χ3v) is 5.62. The van der Waals surface area contributed by atoms with Gasteiger partial charge in [0.1, 0.15) is 0 Å². The summed E-state index contributed by atoms with van der Waals surface area (Å²) < 4.78 is 34.0. The van der Waals surface area contributed by atoms with Crippen LogP contribution in [0.4, 0.5) is 0 Å². The van der Waals surface area contributed by atoms with Crippen LogP contribution in [0.25, 0.3) is 0 Å². The molecule has 0 amide bonds. The van der Waals surface area contributed by atoms with E-state index in [1.54, 1.807) is 0 Å². The highest BCUT2D eigenvalue weighted by Crippen LogP contribution is 2.21. The monoisotopic (exact) mass is 306 g/mol. The van der Waals surface area contributed by atoms with E-state index in [1.165, 1.54) is 4.31 Å². The Bertz CT molecular complexity index is 445. The van der Waals surface area contributed by atoms with Gasteiger partial charge in [0.05, 0.1) is 12.0 Å². The van der Waals surface area contributed by atoms with E-state index in [0.717, 1.165) is 0 Å². The number of hydrogen-bond donors (Lipinski definition) is 2. The number of ether oxygens (including phenoxy) is 1. The predicted molar refractivity (Wildman–Crippen MR) is 72.4 cm³/mol. The molecule has 0 aromatic rings. The molecule has 2 aliphatic rings. The van der Waals surface area contributed by atoms with E-state index >= 15 is 0 Å². The molecule has 0 bridgehead atoms. The summed E-state index contributed by atoms with van der Waals surface area (Å²) in [6.45, 7) is 3.03. The van der Waals surface area contributed by atoms with E-state index < -0.39 is 22.1 Å². The van der Waals surface area contributed by atoms with Gasteiger partial charge in [0.25, 0.3) is 10.2 Å². The first kappa shape index (κ1) is 15.7. The number of carboxylic acid groups (broad SMARTS) is 1. The van der Waals surface area contributed by atoms with E-state index in [0.29, 0.717) is 32.3 Å². The van der Waals surface area contributed by atoms with Gasteiger partial charge in [-0.15, -0.1) is 0 Å². The Morgan fingerprint density at radius 1 is 1.30 bits per heavy atom. The van der Waals surface area contributed by atoms with Crippen molar-refractivity contribution in [3.8, 4) is 0 Å². The van der Waals surface area contributed by atoms with Crippen molar-refractivity contribution in [2.45, 2.75) is 44.8 Å². The third kappa shape index (κ3) is 3.91. The Balaban J connectivity index is 1.89. The maximum atomic E-state index is 12.3. The molecule has 2 unspecified atom stereocenters. The zero-order valence-corrected chi connectivity index (χ0v) is 12.4. The van der Waals surface area contributed by atoms with E-state index in [4.69, 9.17) is 9.84 Å². The van der Waals surface area contributed by atoms with Crippen molar-refractivity contribution in [1.29, 1.82) is 0 Å². The van der Waals surface area contributed by atoms with E-state index in [2.05, 4.69) is 4.72 Å². The molecule has 2 N–H and O–H groups in total. The number of hydrogen-bond acceptors (Lipinski definition) is 4. The average Bonchev–Trinajstić information content (AvgIpc) is 2.38. The number of nitrogens with one attached hydrogen (secondary N) is 1. The van der Waals surface area contributed by atoms with Crippen molar-refractivity contribution >= 4 is 16.2 Å². The minimum absolute atomic E-state index is 0.0641. The third-order valence-electron chi connectivity index (χ3n) is 3.94. The first-order chi connectivity index (χ1) is 9.38. The number of carboxylic acids is 1. The summed E-state index contributed by atoms with van der Waals surface area (Å²) in [6, 6.07) is -0.0963. The van der Waals surface area contributed by atoms with E-state index in [1.807, 2.05) is 6.92 Å². The lowest BCUT2D eigenvalue weighted by atomic mass is 9.99. The highest BCUT2D eigenvalue weighted by atomic mass is 32.2. The van der Waals surface area contributed by atoms with Crippen LogP contribution >= 0.6 is 0 Å². The molecule has 20 heavy (non-hydrogen) atoms. The number of nitrogens with zero attached hydrogens (tertiary/aromatic N) is 1. The molecule has 2 heterocycles. The van der Waals surface area contributed by atoms with Gasteiger partial charge in [0.15, 0.2) is 0 Å². The lowest BCUT2D eigenvalue weighted by Crippen LogP contribution is -2.50. The van der Waals surface area contributed by atoms with Crippen molar-refractivity contribution in [2.75, 3.05) is 19.7 Å². The lowest BCUT2D eigenvalue weighted by Gasteiger charge is -2.33. The van der Waals surface area contributed by atoms with Gasteiger partial charge in [0.2, 0.25) is 0 Å². The summed E-state index contributed by atoms with van der Waals surface area (Å²) in [5.41, 5.74) is 0. The van der Waals surface area contributed by atoms with Crippen LogP contribution in [0.1, 0.15) is 32.6 Å². The molecule has 8 heteroatoms. The Morgan fingerprint density at radius 2 is 1.95 bits per heavy atom. The fourth-order valence-electron chi connectivity index (χ4n) is 2.73. The Kier molecular flexibility index (Phi) is 5.00. The van der Waals surface area contributed by atoms with Crippen LogP contribution in [0, 0.1) is 5.92 Å². The van der Waals surface area contributed by atoms with Crippen LogP contribution in [0.15, 0.2) is 0 Å². The zero-order valence-electron chi connectivity index (χ0n) is 11.6. The van der Waals surface area contributed by atoms with Crippen molar-refractivity contribution in [3.05, 3.63) is 0 Å². The van der Waals surface area contributed by atoms with Crippen molar-refractivity contribution < 1.29 is 23.1 Å².